The number of likely N-dealkylation sites (N-methyl/N-ethyl adjacent to an activating group) is 1. The minimum Gasteiger partial charge on any atom is -0.460 e. The Hall–Kier alpha value is -3.91. The Bertz CT molecular complexity index is 1270. The van der Waals surface area contributed by atoms with Crippen molar-refractivity contribution in [3.63, 3.8) is 0 Å². The molecule has 2 aromatic heterocycles. The summed E-state index contributed by atoms with van der Waals surface area (Å²) in [6, 6.07) is 7.68. The van der Waals surface area contributed by atoms with Crippen molar-refractivity contribution >= 4 is 45.4 Å². The summed E-state index contributed by atoms with van der Waals surface area (Å²) in [5.41, 5.74) is 1.05. The van der Waals surface area contributed by atoms with Gasteiger partial charge < -0.3 is 20.1 Å². The van der Waals surface area contributed by atoms with Crippen LogP contribution in [0.1, 0.15) is 21.6 Å². The minimum absolute atomic E-state index is 0.0112. The first-order chi connectivity index (χ1) is 17.2. The first-order valence-electron chi connectivity index (χ1n) is 10.5. The van der Waals surface area contributed by atoms with Crippen LogP contribution in [0.25, 0.3) is 0 Å². The lowest BCUT2D eigenvalue weighted by Crippen LogP contribution is -2.30. The van der Waals surface area contributed by atoms with E-state index in [0.29, 0.717) is 11.1 Å². The number of nitrogens with one attached hydrogen (secondary N) is 2. The standard InChI is InChI=1S/C22H23BrFN7O5/c1-13-6-7-16(15(24)9-13)27-21(33)18-19(23)29-31(28-18)12-36-22(34)30(3)20-14(5-4-8-26-20)11-35-17(32)10-25-2/h4-9,25H,10-12H2,1-3H3,(H,27,33). The maximum absolute atomic E-state index is 14.0. The van der Waals surface area contributed by atoms with Crippen LogP contribution in [-0.4, -0.2) is 58.6 Å². The summed E-state index contributed by atoms with van der Waals surface area (Å²) in [5, 5.41) is 13.1. The Kier molecular flexibility index (Phi) is 9.02. The number of carbonyl (C=O) groups excluding carboxylic acids is 3. The van der Waals surface area contributed by atoms with Gasteiger partial charge in [0, 0.05) is 18.8 Å². The first kappa shape index (κ1) is 26.7. The number of halogens is 2. The van der Waals surface area contributed by atoms with E-state index in [1.165, 1.54) is 25.4 Å². The van der Waals surface area contributed by atoms with E-state index in [2.05, 4.69) is 41.7 Å². The van der Waals surface area contributed by atoms with Crippen molar-refractivity contribution in [2.75, 3.05) is 30.9 Å². The number of aryl methyl sites for hydroxylation is 1. The molecule has 0 saturated carbocycles. The highest BCUT2D eigenvalue weighted by Crippen LogP contribution is 2.20. The van der Waals surface area contributed by atoms with Gasteiger partial charge in [0.15, 0.2) is 10.3 Å². The predicted octanol–water partition coefficient (Wildman–Crippen LogP) is 2.63. The molecule has 2 heterocycles. The van der Waals surface area contributed by atoms with Gasteiger partial charge in [0.2, 0.25) is 6.73 Å². The molecule has 0 radical (unpaired) electrons. The van der Waals surface area contributed by atoms with E-state index in [-0.39, 0.29) is 35.0 Å². The molecule has 190 valence electrons. The number of carbonyl (C=O) groups is 3. The third-order valence-corrected chi connectivity index (χ3v) is 5.21. The van der Waals surface area contributed by atoms with Crippen LogP contribution in [0.3, 0.4) is 0 Å². The van der Waals surface area contributed by atoms with Gasteiger partial charge in [0.25, 0.3) is 5.91 Å². The second kappa shape index (κ2) is 12.2. The molecule has 12 nitrogen and oxygen atoms in total. The summed E-state index contributed by atoms with van der Waals surface area (Å²) in [6.07, 6.45) is 0.684. The zero-order valence-corrected chi connectivity index (χ0v) is 21.2. The highest BCUT2D eigenvalue weighted by molar-refractivity contribution is 9.10. The van der Waals surface area contributed by atoms with Crippen LogP contribution in [0, 0.1) is 12.7 Å². The lowest BCUT2D eigenvalue weighted by atomic mass is 10.2. The average Bonchev–Trinajstić information content (AvgIpc) is 3.23. The number of pyridine rings is 1. The molecule has 14 heteroatoms. The van der Waals surface area contributed by atoms with Gasteiger partial charge in [-0.15, -0.1) is 15.0 Å². The number of anilines is 2. The molecule has 3 rings (SSSR count). The van der Waals surface area contributed by atoms with Gasteiger partial charge in [-0.1, -0.05) is 12.1 Å². The van der Waals surface area contributed by atoms with Gasteiger partial charge in [-0.2, -0.15) is 0 Å². The molecule has 2 N–H and O–H groups in total. The second-order valence-electron chi connectivity index (χ2n) is 7.42. The van der Waals surface area contributed by atoms with Crippen LogP contribution in [0.5, 0.6) is 0 Å². The van der Waals surface area contributed by atoms with Crippen molar-refractivity contribution in [1.29, 1.82) is 0 Å². The minimum atomic E-state index is -0.794. The van der Waals surface area contributed by atoms with Crippen LogP contribution in [0.15, 0.2) is 41.1 Å². The fourth-order valence-electron chi connectivity index (χ4n) is 2.92. The quantitative estimate of drug-likeness (QED) is 0.376. The lowest BCUT2D eigenvalue weighted by Gasteiger charge is -2.18. The molecule has 0 spiro atoms. The van der Waals surface area contributed by atoms with Gasteiger partial charge in [-0.25, -0.2) is 14.2 Å². The van der Waals surface area contributed by atoms with Crippen LogP contribution in [0.4, 0.5) is 20.7 Å². The molecular weight excluding hydrogens is 541 g/mol. The van der Waals surface area contributed by atoms with Crippen molar-refractivity contribution in [1.82, 2.24) is 25.3 Å². The highest BCUT2D eigenvalue weighted by Gasteiger charge is 2.21. The number of nitrogens with zero attached hydrogens (tertiary/aromatic N) is 5. The van der Waals surface area contributed by atoms with Gasteiger partial charge >= 0.3 is 12.1 Å². The SMILES string of the molecule is CNCC(=O)OCc1cccnc1N(C)C(=O)OCn1nc(Br)c(C(=O)Nc2ccc(C)cc2F)n1. The topological polar surface area (TPSA) is 141 Å². The van der Waals surface area contributed by atoms with Crippen LogP contribution >= 0.6 is 15.9 Å². The number of hydrogen-bond donors (Lipinski definition) is 2. The van der Waals surface area contributed by atoms with E-state index in [9.17, 15) is 18.8 Å². The third-order valence-electron chi connectivity index (χ3n) is 4.67. The number of esters is 1. The van der Waals surface area contributed by atoms with E-state index in [4.69, 9.17) is 9.47 Å². The molecule has 36 heavy (non-hydrogen) atoms. The molecule has 0 bridgehead atoms. The van der Waals surface area contributed by atoms with Gasteiger partial charge in [-0.05, 0) is 53.7 Å². The zero-order valence-electron chi connectivity index (χ0n) is 19.6. The molecule has 2 amide bonds. The zero-order chi connectivity index (χ0) is 26.2. The summed E-state index contributed by atoms with van der Waals surface area (Å²) in [5.74, 6) is -1.52. The average molecular weight is 564 g/mol. The Morgan fingerprint density at radius 3 is 2.69 bits per heavy atom. The molecular formula is C22H23BrFN7O5. The van der Waals surface area contributed by atoms with Gasteiger partial charge in [0.05, 0.1) is 12.2 Å². The van der Waals surface area contributed by atoms with E-state index >= 15 is 0 Å². The maximum atomic E-state index is 14.0. The lowest BCUT2D eigenvalue weighted by molar-refractivity contribution is -0.143. The molecule has 0 fully saturated rings. The van der Waals surface area contributed by atoms with E-state index in [1.54, 1.807) is 32.2 Å². The maximum Gasteiger partial charge on any atom is 0.417 e. The number of benzene rings is 1. The van der Waals surface area contributed by atoms with E-state index in [0.717, 1.165) is 9.70 Å². The van der Waals surface area contributed by atoms with Crippen molar-refractivity contribution in [2.45, 2.75) is 20.3 Å². The molecule has 0 aliphatic rings. The summed E-state index contributed by atoms with van der Waals surface area (Å²) in [7, 11) is 3.05. The fourth-order valence-corrected chi connectivity index (χ4v) is 3.36. The van der Waals surface area contributed by atoms with Crippen molar-refractivity contribution < 1.29 is 28.2 Å². The monoisotopic (exact) mass is 563 g/mol. The van der Waals surface area contributed by atoms with Crippen molar-refractivity contribution in [3.8, 4) is 0 Å². The van der Waals surface area contributed by atoms with Crippen molar-refractivity contribution in [3.05, 3.63) is 63.8 Å². The Labute approximate surface area is 213 Å². The fraction of sp³-hybridized carbons (Fsp3) is 0.273. The molecule has 0 aliphatic carbocycles. The Morgan fingerprint density at radius 2 is 1.97 bits per heavy atom. The molecule has 0 unspecified atom stereocenters. The molecule has 3 aromatic rings. The van der Waals surface area contributed by atoms with Gasteiger partial charge in [0.1, 0.15) is 18.2 Å². The first-order valence-corrected chi connectivity index (χ1v) is 11.3. The Balaban J connectivity index is 1.62. The Morgan fingerprint density at radius 1 is 1.19 bits per heavy atom. The smallest absolute Gasteiger partial charge is 0.417 e. The summed E-state index contributed by atoms with van der Waals surface area (Å²) < 4.78 is 24.5. The van der Waals surface area contributed by atoms with Crippen LogP contribution in [0.2, 0.25) is 0 Å². The molecule has 1 aromatic carbocycles. The molecule has 0 aliphatic heterocycles. The largest absolute Gasteiger partial charge is 0.460 e. The third kappa shape index (κ3) is 6.82. The summed E-state index contributed by atoms with van der Waals surface area (Å²) in [6.45, 7) is 1.26. The second-order valence-corrected chi connectivity index (χ2v) is 8.18. The number of aromatic nitrogens is 4. The molecule has 0 atom stereocenters. The number of amides is 2. The predicted molar refractivity (Wildman–Crippen MR) is 130 cm³/mol. The van der Waals surface area contributed by atoms with Crippen molar-refractivity contribution in [2.24, 2.45) is 0 Å². The summed E-state index contributed by atoms with van der Waals surface area (Å²) >= 11 is 3.13. The van der Waals surface area contributed by atoms with Crippen LogP contribution < -0.4 is 15.5 Å². The number of ether oxygens (including phenoxy) is 2. The highest BCUT2D eigenvalue weighted by atomic mass is 79.9. The van der Waals surface area contributed by atoms with E-state index in [1.807, 2.05) is 0 Å². The van der Waals surface area contributed by atoms with Gasteiger partial charge in [-0.3, -0.25) is 14.5 Å². The summed E-state index contributed by atoms with van der Waals surface area (Å²) in [4.78, 5) is 43.0. The van der Waals surface area contributed by atoms with E-state index < -0.39 is 30.5 Å². The molecule has 0 saturated heterocycles. The number of rotatable bonds is 9. The normalized spacial score (nSPS) is 10.6. The number of hydrogen-bond acceptors (Lipinski definition) is 9. The van der Waals surface area contributed by atoms with Crippen LogP contribution in [-0.2, 0) is 27.6 Å².